The number of ether oxygens (including phenoxy) is 2. The lowest BCUT2D eigenvalue weighted by molar-refractivity contribution is -0.138. The van der Waals surface area contributed by atoms with Gasteiger partial charge in [-0.15, -0.1) is 0 Å². The molecule has 0 bridgehead atoms. The summed E-state index contributed by atoms with van der Waals surface area (Å²) in [5.74, 6) is 1.53. The van der Waals surface area contributed by atoms with Gasteiger partial charge >= 0.3 is 6.18 Å². The number of hydrogen-bond donors (Lipinski definition) is 3. The van der Waals surface area contributed by atoms with E-state index in [0.717, 1.165) is 23.7 Å². The van der Waals surface area contributed by atoms with Crippen LogP contribution in [0.4, 0.5) is 19.0 Å². The van der Waals surface area contributed by atoms with Gasteiger partial charge in [-0.25, -0.2) is 4.98 Å². The minimum atomic E-state index is -4.58. The molecular weight excluding hydrogens is 563 g/mol. The molecular formula is C31H30F3N5O4. The number of benzene rings is 2. The number of aromatic nitrogens is 1. The highest BCUT2D eigenvalue weighted by molar-refractivity contribution is 5.95. The van der Waals surface area contributed by atoms with Crippen LogP contribution in [0.25, 0.3) is 0 Å². The lowest BCUT2D eigenvalue weighted by Crippen LogP contribution is -2.48. The summed E-state index contributed by atoms with van der Waals surface area (Å²) in [6, 6.07) is 10.8. The third kappa shape index (κ3) is 5.40. The summed E-state index contributed by atoms with van der Waals surface area (Å²) in [5.41, 5.74) is 1.01. The fourth-order valence-electron chi connectivity index (χ4n) is 6.31. The molecule has 1 aliphatic carbocycles. The van der Waals surface area contributed by atoms with E-state index in [9.17, 15) is 22.8 Å². The molecule has 4 heterocycles. The Hall–Kier alpha value is -4.16. The van der Waals surface area contributed by atoms with Crippen molar-refractivity contribution in [1.29, 1.82) is 0 Å². The van der Waals surface area contributed by atoms with Crippen molar-refractivity contribution in [2.45, 2.75) is 56.6 Å². The molecule has 4 atom stereocenters. The number of rotatable bonds is 6. The standard InChI is InChI=1S/C31H30F3N5O4/c1-16-14-39(11-10-35-16)15-18-3-2-17(12-22(18)31(32,33)34)30(41)38-27-26-21-13-19(4-6-23(21)43-28(26)27)42-24-8-9-36-29-20(24)5-7-25(40)37-29/h2-4,6,8-9,12-13,16,26-28,35H,5,7,10-11,14-15H2,1H3,(H,38,41)(H,36,37,40). The lowest BCUT2D eigenvalue weighted by atomic mass is 10.0. The quantitative estimate of drug-likeness (QED) is 0.393. The normalized spacial score (nSPS) is 24.2. The van der Waals surface area contributed by atoms with E-state index in [1.54, 1.807) is 24.4 Å². The number of fused-ring (bicyclic) bond motifs is 4. The Morgan fingerprint density at radius 1 is 1.19 bits per heavy atom. The predicted molar refractivity (Wildman–Crippen MR) is 150 cm³/mol. The molecule has 12 heteroatoms. The SMILES string of the molecule is CC1CN(Cc2ccc(C(=O)NC3C4Oc5ccc(Oc6ccnc7c6CCC(=O)N7)cc5C34)cc2C(F)(F)F)CCN1. The molecule has 4 aliphatic rings. The third-order valence-electron chi connectivity index (χ3n) is 8.48. The van der Waals surface area contributed by atoms with E-state index in [0.29, 0.717) is 49.0 Å². The first-order valence-electron chi connectivity index (χ1n) is 14.4. The smallest absolute Gasteiger partial charge is 0.416 e. The van der Waals surface area contributed by atoms with Crippen molar-refractivity contribution in [2.24, 2.45) is 0 Å². The van der Waals surface area contributed by atoms with Gasteiger partial charge in [-0.1, -0.05) is 6.07 Å². The second kappa shape index (κ2) is 10.5. The highest BCUT2D eigenvalue weighted by Crippen LogP contribution is 2.54. The van der Waals surface area contributed by atoms with Crippen molar-refractivity contribution in [1.82, 2.24) is 20.5 Å². The molecule has 2 aromatic carbocycles. The number of amides is 2. The molecule has 3 aromatic rings. The second-order valence-corrected chi connectivity index (χ2v) is 11.6. The number of piperazine rings is 1. The van der Waals surface area contributed by atoms with Crippen molar-refractivity contribution in [3.8, 4) is 17.2 Å². The second-order valence-electron chi connectivity index (χ2n) is 11.6. The van der Waals surface area contributed by atoms with Crippen molar-refractivity contribution in [3.63, 3.8) is 0 Å². The summed E-state index contributed by atoms with van der Waals surface area (Å²) in [5, 5.41) is 8.92. The van der Waals surface area contributed by atoms with Gasteiger partial charge in [-0.2, -0.15) is 13.2 Å². The Morgan fingerprint density at radius 3 is 2.86 bits per heavy atom. The maximum absolute atomic E-state index is 14.0. The number of alkyl halides is 3. The van der Waals surface area contributed by atoms with Crippen molar-refractivity contribution in [2.75, 3.05) is 25.0 Å². The number of nitrogens with one attached hydrogen (secondary N) is 3. The lowest BCUT2D eigenvalue weighted by Gasteiger charge is -2.32. The van der Waals surface area contributed by atoms with Crippen LogP contribution in [0.15, 0.2) is 48.7 Å². The summed E-state index contributed by atoms with van der Waals surface area (Å²) in [6.45, 7) is 4.20. The largest absolute Gasteiger partial charge is 0.487 e. The Kier molecular flexibility index (Phi) is 6.77. The van der Waals surface area contributed by atoms with Gasteiger partial charge < -0.3 is 25.4 Å². The molecule has 2 amide bonds. The van der Waals surface area contributed by atoms with Gasteiger partial charge in [0.25, 0.3) is 5.91 Å². The van der Waals surface area contributed by atoms with E-state index in [-0.39, 0.29) is 47.7 Å². The van der Waals surface area contributed by atoms with Crippen LogP contribution in [-0.4, -0.2) is 59.5 Å². The van der Waals surface area contributed by atoms with Gasteiger partial charge in [0.05, 0.1) is 17.5 Å². The Balaban J connectivity index is 1.05. The fourth-order valence-corrected chi connectivity index (χ4v) is 6.31. The molecule has 3 N–H and O–H groups in total. The van der Waals surface area contributed by atoms with E-state index in [1.807, 2.05) is 17.9 Å². The van der Waals surface area contributed by atoms with Crippen molar-refractivity contribution < 1.29 is 32.2 Å². The van der Waals surface area contributed by atoms with Crippen molar-refractivity contribution in [3.05, 3.63) is 76.5 Å². The Labute approximate surface area is 245 Å². The molecule has 43 heavy (non-hydrogen) atoms. The average Bonchev–Trinajstić information content (AvgIpc) is 3.48. The molecule has 9 nitrogen and oxygen atoms in total. The summed E-state index contributed by atoms with van der Waals surface area (Å²) in [7, 11) is 0. The number of nitrogens with zero attached hydrogens (tertiary/aromatic N) is 2. The minimum Gasteiger partial charge on any atom is -0.487 e. The van der Waals surface area contributed by atoms with Gasteiger partial charge in [0.15, 0.2) is 0 Å². The summed E-state index contributed by atoms with van der Waals surface area (Å²) < 4.78 is 54.3. The molecule has 7 rings (SSSR count). The zero-order chi connectivity index (χ0) is 29.9. The monoisotopic (exact) mass is 593 g/mol. The molecule has 1 saturated heterocycles. The number of anilines is 1. The fraction of sp³-hybridized carbons (Fsp3) is 0.387. The third-order valence-corrected chi connectivity index (χ3v) is 8.48. The van der Waals surface area contributed by atoms with Crippen molar-refractivity contribution >= 4 is 17.6 Å². The molecule has 0 radical (unpaired) electrons. The molecule has 2 fully saturated rings. The average molecular weight is 594 g/mol. The molecule has 224 valence electrons. The first kappa shape index (κ1) is 27.7. The van der Waals surface area contributed by atoms with E-state index in [4.69, 9.17) is 9.47 Å². The maximum atomic E-state index is 14.0. The Bertz CT molecular complexity index is 1610. The number of hydrogen-bond acceptors (Lipinski definition) is 7. The number of halogens is 3. The Morgan fingerprint density at radius 2 is 2.05 bits per heavy atom. The first-order chi connectivity index (χ1) is 20.6. The maximum Gasteiger partial charge on any atom is 0.416 e. The van der Waals surface area contributed by atoms with Crippen LogP contribution < -0.4 is 25.4 Å². The number of pyridine rings is 1. The highest BCUT2D eigenvalue weighted by Gasteiger charge is 2.59. The van der Waals surface area contributed by atoms with E-state index < -0.39 is 17.6 Å². The first-order valence-corrected chi connectivity index (χ1v) is 14.4. The van der Waals surface area contributed by atoms with Gasteiger partial charge in [0.1, 0.15) is 29.2 Å². The van der Waals surface area contributed by atoms with Crippen LogP contribution in [0.3, 0.4) is 0 Å². The van der Waals surface area contributed by atoms with E-state index in [2.05, 4.69) is 20.9 Å². The van der Waals surface area contributed by atoms with E-state index in [1.165, 1.54) is 12.1 Å². The van der Waals surface area contributed by atoms with Crippen LogP contribution in [0.5, 0.6) is 17.2 Å². The molecule has 0 spiro atoms. The zero-order valence-corrected chi connectivity index (χ0v) is 23.3. The van der Waals surface area contributed by atoms with Crippen LogP contribution in [0.1, 0.15) is 51.9 Å². The van der Waals surface area contributed by atoms with Gasteiger partial charge in [-0.3, -0.25) is 14.5 Å². The molecule has 3 aliphatic heterocycles. The van der Waals surface area contributed by atoms with E-state index >= 15 is 0 Å². The highest BCUT2D eigenvalue weighted by atomic mass is 19.4. The van der Waals surface area contributed by atoms with Gasteiger partial charge in [0.2, 0.25) is 5.91 Å². The number of carbonyl (C=O) groups excluding carboxylic acids is 2. The van der Waals surface area contributed by atoms with Crippen LogP contribution in [-0.2, 0) is 23.9 Å². The molecule has 1 saturated carbocycles. The van der Waals surface area contributed by atoms with Crippen LogP contribution >= 0.6 is 0 Å². The summed E-state index contributed by atoms with van der Waals surface area (Å²) in [4.78, 5) is 31.1. The molecule has 4 unspecified atom stereocenters. The summed E-state index contributed by atoms with van der Waals surface area (Å²) >= 11 is 0. The summed E-state index contributed by atoms with van der Waals surface area (Å²) in [6.07, 6.45) is -2.45. The van der Waals surface area contributed by atoms with Gasteiger partial charge in [-0.05, 0) is 55.3 Å². The van der Waals surface area contributed by atoms with Gasteiger partial charge in [0, 0.05) is 61.5 Å². The van der Waals surface area contributed by atoms with Crippen LogP contribution in [0, 0.1) is 0 Å². The number of carbonyl (C=O) groups is 2. The van der Waals surface area contributed by atoms with Crippen LogP contribution in [0.2, 0.25) is 0 Å². The topological polar surface area (TPSA) is 105 Å². The zero-order valence-electron chi connectivity index (χ0n) is 23.3. The minimum absolute atomic E-state index is 0.0402. The predicted octanol–water partition coefficient (Wildman–Crippen LogP) is 4.23. The molecule has 1 aromatic heterocycles.